The summed E-state index contributed by atoms with van der Waals surface area (Å²) in [4.78, 5) is 25.1. The van der Waals surface area contributed by atoms with Crippen LogP contribution in [0.5, 0.6) is 0 Å². The van der Waals surface area contributed by atoms with E-state index in [9.17, 15) is 9.59 Å². The van der Waals surface area contributed by atoms with Crippen LogP contribution >= 0.6 is 0 Å². The molecule has 1 heterocycles. The van der Waals surface area contributed by atoms with Crippen molar-refractivity contribution in [2.45, 2.75) is 33.1 Å². The molecule has 1 saturated heterocycles. The predicted octanol–water partition coefficient (Wildman–Crippen LogP) is 2.45. The molecule has 4 nitrogen and oxygen atoms in total. The van der Waals surface area contributed by atoms with Gasteiger partial charge in [-0.05, 0) is 36.5 Å². The first-order valence-corrected chi connectivity index (χ1v) is 7.19. The first-order valence-electron chi connectivity index (χ1n) is 7.19. The Kier molecular flexibility index (Phi) is 4.77. The van der Waals surface area contributed by atoms with E-state index >= 15 is 0 Å². The lowest BCUT2D eigenvalue weighted by atomic mass is 9.99. The van der Waals surface area contributed by atoms with Crippen LogP contribution in [0.3, 0.4) is 0 Å². The van der Waals surface area contributed by atoms with Crippen LogP contribution in [0.1, 0.15) is 32.3 Å². The summed E-state index contributed by atoms with van der Waals surface area (Å²) in [7, 11) is 0. The number of carbonyl (C=O) groups excluding carboxylic acids is 2. The van der Waals surface area contributed by atoms with Gasteiger partial charge in [-0.25, -0.2) is 0 Å². The van der Waals surface area contributed by atoms with Crippen LogP contribution in [0.4, 0.5) is 5.69 Å². The average molecular weight is 274 g/mol. The fourth-order valence-electron chi connectivity index (χ4n) is 2.61. The number of rotatable bonds is 3. The maximum absolute atomic E-state index is 12.2. The summed E-state index contributed by atoms with van der Waals surface area (Å²) in [5.74, 6) is 0.717. The minimum atomic E-state index is -0.0869. The highest BCUT2D eigenvalue weighted by Crippen LogP contribution is 2.17. The third-order valence-corrected chi connectivity index (χ3v) is 3.64. The zero-order valence-corrected chi connectivity index (χ0v) is 12.2. The van der Waals surface area contributed by atoms with E-state index in [1.807, 2.05) is 29.2 Å². The Hall–Kier alpha value is -1.84. The van der Waals surface area contributed by atoms with Crippen molar-refractivity contribution in [3.05, 3.63) is 29.8 Å². The second-order valence-corrected chi connectivity index (χ2v) is 5.64. The summed E-state index contributed by atoms with van der Waals surface area (Å²) < 4.78 is 0. The van der Waals surface area contributed by atoms with Crippen molar-refractivity contribution in [2.75, 3.05) is 18.4 Å². The van der Waals surface area contributed by atoms with Crippen molar-refractivity contribution in [3.8, 4) is 0 Å². The number of hydrogen-bond acceptors (Lipinski definition) is 2. The largest absolute Gasteiger partial charge is 0.342 e. The van der Waals surface area contributed by atoms with Gasteiger partial charge in [-0.3, -0.25) is 9.59 Å². The second kappa shape index (κ2) is 6.55. The van der Waals surface area contributed by atoms with Crippen molar-refractivity contribution in [3.63, 3.8) is 0 Å². The molecule has 2 amide bonds. The number of nitrogens with one attached hydrogen (secondary N) is 1. The van der Waals surface area contributed by atoms with E-state index in [2.05, 4.69) is 12.2 Å². The molecule has 4 heteroatoms. The molecule has 108 valence electrons. The maximum Gasteiger partial charge on any atom is 0.226 e. The van der Waals surface area contributed by atoms with Crippen LogP contribution in [0.2, 0.25) is 0 Å². The number of anilines is 1. The Morgan fingerprint density at radius 2 is 2.00 bits per heavy atom. The minimum absolute atomic E-state index is 0.0869. The molecule has 1 aliphatic rings. The van der Waals surface area contributed by atoms with E-state index in [1.54, 1.807) is 0 Å². The highest BCUT2D eigenvalue weighted by molar-refractivity contribution is 5.88. The Balaban J connectivity index is 1.92. The molecule has 20 heavy (non-hydrogen) atoms. The van der Waals surface area contributed by atoms with E-state index in [0.717, 1.165) is 30.8 Å². The molecular formula is C16H22N2O2. The third-order valence-electron chi connectivity index (χ3n) is 3.64. The first-order chi connectivity index (χ1) is 9.54. The van der Waals surface area contributed by atoms with E-state index < -0.39 is 0 Å². The number of benzene rings is 1. The van der Waals surface area contributed by atoms with Crippen molar-refractivity contribution in [1.82, 2.24) is 4.90 Å². The molecule has 0 aromatic heterocycles. The van der Waals surface area contributed by atoms with Gasteiger partial charge in [0.15, 0.2) is 0 Å². The normalized spacial score (nSPS) is 18.7. The Morgan fingerprint density at radius 1 is 1.30 bits per heavy atom. The molecule has 1 fully saturated rings. The van der Waals surface area contributed by atoms with Crippen molar-refractivity contribution in [1.29, 1.82) is 0 Å². The molecule has 0 aliphatic carbocycles. The van der Waals surface area contributed by atoms with Crippen LogP contribution in [0.15, 0.2) is 24.3 Å². The summed E-state index contributed by atoms with van der Waals surface area (Å²) >= 11 is 0. The Labute approximate surface area is 120 Å². The van der Waals surface area contributed by atoms with Gasteiger partial charge in [-0.15, -0.1) is 0 Å². The van der Waals surface area contributed by atoms with Crippen LogP contribution in [-0.2, 0) is 16.0 Å². The minimum Gasteiger partial charge on any atom is -0.342 e. The Bertz CT molecular complexity index is 482. The van der Waals surface area contributed by atoms with Crippen LogP contribution < -0.4 is 5.32 Å². The molecule has 1 N–H and O–H groups in total. The van der Waals surface area contributed by atoms with Gasteiger partial charge >= 0.3 is 0 Å². The fourth-order valence-corrected chi connectivity index (χ4v) is 2.61. The number of likely N-dealkylation sites (tertiary alicyclic amines) is 1. The molecule has 1 unspecified atom stereocenters. The van der Waals surface area contributed by atoms with Gasteiger partial charge in [0.05, 0.1) is 6.42 Å². The average Bonchev–Trinajstić information content (AvgIpc) is 2.40. The van der Waals surface area contributed by atoms with Crippen LogP contribution in [0, 0.1) is 5.92 Å². The number of nitrogens with zero attached hydrogens (tertiary/aromatic N) is 1. The van der Waals surface area contributed by atoms with E-state index in [0.29, 0.717) is 12.3 Å². The Morgan fingerprint density at radius 3 is 2.60 bits per heavy atom. The lowest BCUT2D eigenvalue weighted by Crippen LogP contribution is -2.39. The van der Waals surface area contributed by atoms with Gasteiger partial charge in [0.1, 0.15) is 0 Å². The van der Waals surface area contributed by atoms with E-state index in [1.165, 1.54) is 13.3 Å². The molecule has 1 aliphatic heterocycles. The summed E-state index contributed by atoms with van der Waals surface area (Å²) in [6.45, 7) is 5.44. The smallest absolute Gasteiger partial charge is 0.226 e. The van der Waals surface area contributed by atoms with E-state index in [-0.39, 0.29) is 11.8 Å². The summed E-state index contributed by atoms with van der Waals surface area (Å²) in [5.41, 5.74) is 1.75. The molecule has 2 rings (SSSR count). The van der Waals surface area contributed by atoms with Gasteiger partial charge in [-0.1, -0.05) is 19.1 Å². The van der Waals surface area contributed by atoms with Crippen LogP contribution in [0.25, 0.3) is 0 Å². The highest BCUT2D eigenvalue weighted by Gasteiger charge is 2.20. The van der Waals surface area contributed by atoms with Gasteiger partial charge in [0.25, 0.3) is 0 Å². The highest BCUT2D eigenvalue weighted by atomic mass is 16.2. The summed E-state index contributed by atoms with van der Waals surface area (Å²) in [6, 6.07) is 7.47. The number of hydrogen-bond donors (Lipinski definition) is 1. The number of piperidine rings is 1. The lowest BCUT2D eigenvalue weighted by Gasteiger charge is -2.31. The zero-order valence-electron chi connectivity index (χ0n) is 12.2. The van der Waals surface area contributed by atoms with Crippen molar-refractivity contribution >= 4 is 17.5 Å². The summed E-state index contributed by atoms with van der Waals surface area (Å²) in [5, 5.41) is 2.72. The second-order valence-electron chi connectivity index (χ2n) is 5.64. The van der Waals surface area contributed by atoms with Crippen LogP contribution in [-0.4, -0.2) is 29.8 Å². The fraction of sp³-hybridized carbons (Fsp3) is 0.500. The quantitative estimate of drug-likeness (QED) is 0.920. The number of carbonyl (C=O) groups is 2. The standard InChI is InChI=1S/C16H22N2O2/c1-12-4-3-9-18(11-12)16(20)10-14-5-7-15(8-6-14)17-13(2)19/h5-8,12H,3-4,9-11H2,1-2H3,(H,17,19). The van der Waals surface area contributed by atoms with Gasteiger partial charge in [-0.2, -0.15) is 0 Å². The monoisotopic (exact) mass is 274 g/mol. The SMILES string of the molecule is CC(=O)Nc1ccc(CC(=O)N2CCCC(C)C2)cc1. The van der Waals surface area contributed by atoms with Crippen molar-refractivity contribution in [2.24, 2.45) is 5.92 Å². The molecule has 1 aromatic carbocycles. The molecule has 1 aromatic rings. The summed E-state index contributed by atoms with van der Waals surface area (Å²) in [6.07, 6.45) is 2.76. The first kappa shape index (κ1) is 14.6. The number of amides is 2. The lowest BCUT2D eigenvalue weighted by molar-refractivity contribution is -0.132. The van der Waals surface area contributed by atoms with Crippen molar-refractivity contribution < 1.29 is 9.59 Å². The topological polar surface area (TPSA) is 49.4 Å². The maximum atomic E-state index is 12.2. The van der Waals surface area contributed by atoms with Gasteiger partial charge in [0, 0.05) is 25.7 Å². The molecular weight excluding hydrogens is 252 g/mol. The third kappa shape index (κ3) is 4.08. The molecule has 0 spiro atoms. The predicted molar refractivity (Wildman–Crippen MR) is 79.4 cm³/mol. The zero-order chi connectivity index (χ0) is 14.5. The molecule has 0 saturated carbocycles. The van der Waals surface area contributed by atoms with Gasteiger partial charge in [0.2, 0.25) is 11.8 Å². The molecule has 0 radical (unpaired) electrons. The molecule has 1 atom stereocenters. The molecule has 0 bridgehead atoms. The van der Waals surface area contributed by atoms with E-state index in [4.69, 9.17) is 0 Å². The van der Waals surface area contributed by atoms with Gasteiger partial charge < -0.3 is 10.2 Å².